The Morgan fingerprint density at radius 3 is 2.74 bits per heavy atom. The molecule has 0 aliphatic carbocycles. The fourth-order valence-electron chi connectivity index (χ4n) is 4.13. The number of methoxy groups -OCH3 is 1. The van der Waals surface area contributed by atoms with Crippen molar-refractivity contribution in [1.29, 1.82) is 0 Å². The number of benzene rings is 2. The zero-order valence-electron chi connectivity index (χ0n) is 19.5. The Hall–Kier alpha value is -4.20. The van der Waals surface area contributed by atoms with Gasteiger partial charge in [-0.1, -0.05) is 12.1 Å². The molecule has 0 saturated carbocycles. The Labute approximate surface area is 201 Å². The lowest BCUT2D eigenvalue weighted by molar-refractivity contribution is 0.265. The molecule has 0 bridgehead atoms. The third-order valence-corrected chi connectivity index (χ3v) is 5.89. The van der Waals surface area contributed by atoms with E-state index in [1.165, 1.54) is 12.1 Å². The highest BCUT2D eigenvalue weighted by atomic mass is 19.1. The van der Waals surface area contributed by atoms with Crippen molar-refractivity contribution in [3.05, 3.63) is 94.1 Å². The number of nitrogens with one attached hydrogen (secondary N) is 2. The summed E-state index contributed by atoms with van der Waals surface area (Å²) in [6, 6.07) is 12.0. The lowest BCUT2D eigenvalue weighted by Gasteiger charge is -2.14. The fourth-order valence-corrected chi connectivity index (χ4v) is 4.13. The van der Waals surface area contributed by atoms with Crippen LogP contribution in [0.4, 0.5) is 4.39 Å². The third-order valence-electron chi connectivity index (χ3n) is 5.89. The summed E-state index contributed by atoms with van der Waals surface area (Å²) in [5.41, 5.74) is 3.38. The van der Waals surface area contributed by atoms with Gasteiger partial charge in [0.25, 0.3) is 5.56 Å². The van der Waals surface area contributed by atoms with Crippen molar-refractivity contribution < 1.29 is 13.9 Å². The monoisotopic (exact) mass is 472 g/mol. The van der Waals surface area contributed by atoms with Crippen molar-refractivity contribution in [2.75, 3.05) is 20.3 Å². The van der Waals surface area contributed by atoms with Crippen LogP contribution in [0, 0.1) is 18.7 Å². The Kier molecular flexibility index (Phi) is 6.18. The number of nitrogens with zero attached hydrogens (tertiary/aromatic N) is 2. The minimum Gasteiger partial charge on any atom is -0.493 e. The first-order valence-corrected chi connectivity index (χ1v) is 11.3. The van der Waals surface area contributed by atoms with Crippen molar-refractivity contribution in [1.82, 2.24) is 20.3 Å². The van der Waals surface area contributed by atoms with Crippen molar-refractivity contribution >= 4 is 10.9 Å². The summed E-state index contributed by atoms with van der Waals surface area (Å²) in [6.45, 7) is 3.16. The van der Waals surface area contributed by atoms with Gasteiger partial charge in [-0.3, -0.25) is 9.78 Å². The van der Waals surface area contributed by atoms with Crippen molar-refractivity contribution in [2.24, 2.45) is 5.92 Å². The van der Waals surface area contributed by atoms with Crippen LogP contribution in [0.2, 0.25) is 0 Å². The van der Waals surface area contributed by atoms with Gasteiger partial charge in [-0.05, 0) is 54.6 Å². The van der Waals surface area contributed by atoms with Gasteiger partial charge in [0.2, 0.25) is 0 Å². The molecule has 1 atom stereocenters. The van der Waals surface area contributed by atoms with E-state index in [9.17, 15) is 9.18 Å². The molecule has 2 aromatic heterocycles. The lowest BCUT2D eigenvalue weighted by Crippen LogP contribution is -2.17. The molecule has 8 heteroatoms. The average Bonchev–Trinajstić information content (AvgIpc) is 3.36. The van der Waals surface area contributed by atoms with Gasteiger partial charge in [-0.2, -0.15) is 0 Å². The molecule has 5 rings (SSSR count). The highest BCUT2D eigenvalue weighted by Gasteiger charge is 2.15. The number of rotatable bonds is 7. The third kappa shape index (κ3) is 5.01. The predicted octanol–water partition coefficient (Wildman–Crippen LogP) is 4.14. The second kappa shape index (κ2) is 9.58. The van der Waals surface area contributed by atoms with Crippen molar-refractivity contribution in [3.63, 3.8) is 0 Å². The fraction of sp³-hybridized carbons (Fsp3) is 0.222. The molecular weight excluding hydrogens is 447 g/mol. The summed E-state index contributed by atoms with van der Waals surface area (Å²) in [4.78, 5) is 24.8. The number of fused-ring (bicyclic) bond motifs is 1. The number of ether oxygens (including phenoxy) is 2. The number of halogens is 1. The lowest BCUT2D eigenvalue weighted by atomic mass is 10.1. The molecule has 2 aromatic carbocycles. The summed E-state index contributed by atoms with van der Waals surface area (Å²) in [5.74, 6) is 1.52. The number of hydrogen-bond acceptors (Lipinski definition) is 6. The largest absolute Gasteiger partial charge is 0.493 e. The molecule has 0 fully saturated rings. The topological polar surface area (TPSA) is 89.1 Å². The number of H-pyrrole nitrogens is 1. The number of aromatic nitrogens is 3. The molecule has 2 N–H and O–H groups in total. The van der Waals surface area contributed by atoms with Gasteiger partial charge >= 0.3 is 0 Å². The summed E-state index contributed by atoms with van der Waals surface area (Å²) in [5, 5.41) is 3.58. The normalized spacial score (nSPS) is 14.8. The summed E-state index contributed by atoms with van der Waals surface area (Å²) < 4.78 is 25.2. The maximum Gasteiger partial charge on any atom is 0.258 e. The van der Waals surface area contributed by atoms with Crippen LogP contribution >= 0.6 is 0 Å². The first-order chi connectivity index (χ1) is 17.0. The molecule has 0 saturated heterocycles. The van der Waals surface area contributed by atoms with Gasteiger partial charge in [0, 0.05) is 36.7 Å². The molecule has 1 unspecified atom stereocenters. The highest BCUT2D eigenvalue weighted by Crippen LogP contribution is 2.31. The quantitative estimate of drug-likeness (QED) is 0.420. The van der Waals surface area contributed by atoms with Gasteiger partial charge in [-0.15, -0.1) is 0 Å². The first kappa shape index (κ1) is 22.6. The van der Waals surface area contributed by atoms with Gasteiger partial charge < -0.3 is 19.8 Å². The summed E-state index contributed by atoms with van der Waals surface area (Å²) in [7, 11) is 1.54. The summed E-state index contributed by atoms with van der Waals surface area (Å²) in [6.07, 6.45) is 6.08. The van der Waals surface area contributed by atoms with Crippen LogP contribution in [0.5, 0.6) is 11.5 Å². The zero-order valence-corrected chi connectivity index (χ0v) is 19.5. The van der Waals surface area contributed by atoms with Crippen LogP contribution in [0.25, 0.3) is 22.2 Å². The second-order valence-corrected chi connectivity index (χ2v) is 8.62. The Morgan fingerprint density at radius 2 is 2.03 bits per heavy atom. The van der Waals surface area contributed by atoms with E-state index in [-0.39, 0.29) is 17.3 Å². The molecule has 0 amide bonds. The molecule has 0 radical (unpaired) electrons. The van der Waals surface area contributed by atoms with Crippen LogP contribution in [-0.2, 0) is 6.42 Å². The Balaban J connectivity index is 1.39. The maximum absolute atomic E-state index is 13.8. The van der Waals surface area contributed by atoms with E-state index in [4.69, 9.17) is 9.47 Å². The van der Waals surface area contributed by atoms with Gasteiger partial charge in [-0.25, -0.2) is 9.37 Å². The van der Waals surface area contributed by atoms with E-state index in [1.807, 2.05) is 31.3 Å². The van der Waals surface area contributed by atoms with E-state index >= 15 is 0 Å². The highest BCUT2D eigenvalue weighted by molar-refractivity contribution is 5.81. The number of pyridine rings is 1. The number of hydrogen-bond donors (Lipinski definition) is 2. The Bertz CT molecular complexity index is 1440. The Morgan fingerprint density at radius 1 is 1.14 bits per heavy atom. The summed E-state index contributed by atoms with van der Waals surface area (Å²) >= 11 is 0. The molecule has 1 aliphatic heterocycles. The number of aromatic amines is 1. The molecule has 1 aliphatic rings. The van der Waals surface area contributed by atoms with Crippen LogP contribution in [0.15, 0.2) is 65.7 Å². The zero-order chi connectivity index (χ0) is 24.4. The van der Waals surface area contributed by atoms with Crippen molar-refractivity contribution in [3.8, 4) is 22.8 Å². The number of aryl methyl sites for hydroxylation is 1. The smallest absolute Gasteiger partial charge is 0.258 e. The average molecular weight is 473 g/mol. The molecule has 178 valence electrons. The second-order valence-electron chi connectivity index (χ2n) is 8.62. The molecule has 3 heterocycles. The van der Waals surface area contributed by atoms with Crippen LogP contribution in [0.3, 0.4) is 0 Å². The van der Waals surface area contributed by atoms with Crippen molar-refractivity contribution in [2.45, 2.75) is 13.3 Å². The van der Waals surface area contributed by atoms with E-state index < -0.39 is 0 Å². The SMILES string of the molecule is COc1cc2c(=O)[nH]c(Cc3ccc(-c4cc(C)cc(F)c4)nc3)nc2cc1OCC1C=CNC1. The van der Waals surface area contributed by atoms with E-state index in [0.29, 0.717) is 46.9 Å². The first-order valence-electron chi connectivity index (χ1n) is 11.3. The molecular formula is C27H25FN4O3. The van der Waals surface area contributed by atoms with E-state index in [2.05, 4.69) is 26.3 Å². The van der Waals surface area contributed by atoms with Crippen LogP contribution in [0.1, 0.15) is 17.0 Å². The molecule has 35 heavy (non-hydrogen) atoms. The van der Waals surface area contributed by atoms with Gasteiger partial charge in [0.05, 0.1) is 30.3 Å². The van der Waals surface area contributed by atoms with Gasteiger partial charge in [0.1, 0.15) is 11.6 Å². The van der Waals surface area contributed by atoms with Gasteiger partial charge in [0.15, 0.2) is 11.5 Å². The predicted molar refractivity (Wildman–Crippen MR) is 132 cm³/mol. The maximum atomic E-state index is 13.8. The van der Waals surface area contributed by atoms with Crippen LogP contribution < -0.4 is 20.3 Å². The van der Waals surface area contributed by atoms with E-state index in [0.717, 1.165) is 23.2 Å². The minimum atomic E-state index is -0.292. The van der Waals surface area contributed by atoms with Crippen LogP contribution in [-0.4, -0.2) is 35.2 Å². The minimum absolute atomic E-state index is 0.252. The molecule has 4 aromatic rings. The standard InChI is InChI=1S/C27H25FN4O3/c1-16-7-19(10-20(28)8-16)22-4-3-17(14-30-22)9-26-31-23-12-25(35-15-18-5-6-29-13-18)24(34-2)11-21(23)27(33)32-26/h3-8,10-12,14,18,29H,9,13,15H2,1-2H3,(H,31,32,33). The molecule has 0 spiro atoms. The van der Waals surface area contributed by atoms with E-state index in [1.54, 1.807) is 25.4 Å². The molecule has 7 nitrogen and oxygen atoms in total.